The molecule has 8 nitrogen and oxygen atoms in total. The second-order valence-corrected chi connectivity index (χ2v) is 9.59. The van der Waals surface area contributed by atoms with Crippen LogP contribution in [0.5, 0.6) is 5.75 Å². The van der Waals surface area contributed by atoms with Crippen LogP contribution in [0.25, 0.3) is 5.69 Å². The van der Waals surface area contributed by atoms with Gasteiger partial charge in [0, 0.05) is 36.1 Å². The van der Waals surface area contributed by atoms with E-state index in [4.69, 9.17) is 4.74 Å². The predicted molar refractivity (Wildman–Crippen MR) is 142 cm³/mol. The number of carbonyl (C=O) groups excluding carboxylic acids is 1. The molecule has 190 valence electrons. The molecule has 0 aliphatic heterocycles. The minimum atomic E-state index is -0.638. The molecule has 0 saturated heterocycles. The van der Waals surface area contributed by atoms with Crippen molar-refractivity contribution in [3.63, 3.8) is 0 Å². The number of ether oxygens (including phenoxy) is 1. The zero-order chi connectivity index (χ0) is 25.7. The second-order valence-electron chi connectivity index (χ2n) is 9.59. The fourth-order valence-electron chi connectivity index (χ4n) is 4.15. The maximum atomic E-state index is 13.6. The molecule has 1 heterocycles. The highest BCUT2D eigenvalue weighted by atomic mass is 16.5. The largest absolute Gasteiger partial charge is 0.492 e. The summed E-state index contributed by atoms with van der Waals surface area (Å²) in [4.78, 5) is 30.6. The second kappa shape index (κ2) is 11.0. The molecule has 0 bridgehead atoms. The average molecular weight is 490 g/mol. The third-order valence-electron chi connectivity index (χ3n) is 6.34. The Morgan fingerprint density at radius 3 is 2.69 bits per heavy atom. The molecule has 0 atom stereocenters. The lowest BCUT2D eigenvalue weighted by Gasteiger charge is -2.29. The monoisotopic (exact) mass is 489 g/mol. The maximum absolute atomic E-state index is 13.6. The van der Waals surface area contributed by atoms with Crippen molar-refractivity contribution < 1.29 is 9.53 Å². The standard InChI is InChI=1S/C28H35N5O3/c1-5-19-10-11-20(26(34)31-21-12-13-21)18-23(19)33-16-14-30-25(27(33)35)32-28(2,3)22-8-6-7-9-24(22)36-17-15-29-4/h6-11,14,16,18,21,29H,5,12-13,15,17H2,1-4H3,(H,30,32)(H,31,34). The number of anilines is 1. The van der Waals surface area contributed by atoms with Crippen LogP contribution < -0.4 is 26.2 Å². The molecule has 36 heavy (non-hydrogen) atoms. The third kappa shape index (κ3) is 5.76. The van der Waals surface area contributed by atoms with E-state index in [-0.39, 0.29) is 23.3 Å². The third-order valence-corrected chi connectivity index (χ3v) is 6.34. The Kier molecular flexibility index (Phi) is 7.74. The summed E-state index contributed by atoms with van der Waals surface area (Å²) in [6.07, 6.45) is 6.01. The highest BCUT2D eigenvalue weighted by Crippen LogP contribution is 2.32. The molecule has 4 rings (SSSR count). The molecule has 0 unspecified atom stereocenters. The van der Waals surface area contributed by atoms with Crippen molar-refractivity contribution in [3.05, 3.63) is 81.9 Å². The molecule has 1 aromatic heterocycles. The zero-order valence-corrected chi connectivity index (χ0v) is 21.4. The summed E-state index contributed by atoms with van der Waals surface area (Å²) in [5.74, 6) is 0.865. The first kappa shape index (κ1) is 25.4. The van der Waals surface area contributed by atoms with E-state index < -0.39 is 5.54 Å². The van der Waals surface area contributed by atoms with Crippen molar-refractivity contribution in [1.29, 1.82) is 0 Å². The van der Waals surface area contributed by atoms with Gasteiger partial charge in [-0.05, 0) is 63.9 Å². The molecule has 3 N–H and O–H groups in total. The Morgan fingerprint density at radius 1 is 1.19 bits per heavy atom. The fourth-order valence-corrected chi connectivity index (χ4v) is 4.15. The summed E-state index contributed by atoms with van der Waals surface area (Å²) >= 11 is 0. The maximum Gasteiger partial charge on any atom is 0.297 e. The van der Waals surface area contributed by atoms with Gasteiger partial charge in [0.1, 0.15) is 12.4 Å². The highest BCUT2D eigenvalue weighted by molar-refractivity contribution is 5.95. The average Bonchev–Trinajstić information content (AvgIpc) is 3.69. The lowest BCUT2D eigenvalue weighted by molar-refractivity contribution is 0.0951. The van der Waals surface area contributed by atoms with Crippen molar-refractivity contribution in [2.45, 2.75) is 51.6 Å². The Balaban J connectivity index is 1.66. The number of carbonyl (C=O) groups is 1. The van der Waals surface area contributed by atoms with E-state index in [1.165, 1.54) is 0 Å². The molecule has 1 aliphatic rings. The first-order chi connectivity index (χ1) is 17.3. The number of para-hydroxylation sites is 1. The van der Waals surface area contributed by atoms with Gasteiger partial charge in [0.2, 0.25) is 0 Å². The van der Waals surface area contributed by atoms with E-state index in [0.717, 1.165) is 42.7 Å². The first-order valence-corrected chi connectivity index (χ1v) is 12.5. The number of nitrogens with one attached hydrogen (secondary N) is 3. The van der Waals surface area contributed by atoms with E-state index >= 15 is 0 Å². The van der Waals surface area contributed by atoms with E-state index in [1.54, 1.807) is 23.0 Å². The molecule has 1 amide bonds. The minimum absolute atomic E-state index is 0.113. The zero-order valence-electron chi connectivity index (χ0n) is 21.4. The van der Waals surface area contributed by atoms with Gasteiger partial charge in [-0.1, -0.05) is 31.2 Å². The molecule has 3 aromatic rings. The van der Waals surface area contributed by atoms with Gasteiger partial charge in [0.25, 0.3) is 11.5 Å². The molecule has 8 heteroatoms. The summed E-state index contributed by atoms with van der Waals surface area (Å²) in [7, 11) is 1.88. The van der Waals surface area contributed by atoms with Crippen LogP contribution in [-0.4, -0.2) is 41.7 Å². The molecule has 2 aromatic carbocycles. The van der Waals surface area contributed by atoms with Crippen molar-refractivity contribution >= 4 is 11.7 Å². The predicted octanol–water partition coefficient (Wildman–Crippen LogP) is 3.63. The van der Waals surface area contributed by atoms with Crippen LogP contribution in [0.2, 0.25) is 0 Å². The molecule has 1 aliphatic carbocycles. The highest BCUT2D eigenvalue weighted by Gasteiger charge is 2.27. The summed E-state index contributed by atoms with van der Waals surface area (Å²) in [5, 5.41) is 9.43. The lowest BCUT2D eigenvalue weighted by Crippen LogP contribution is -2.34. The van der Waals surface area contributed by atoms with E-state index in [2.05, 4.69) is 20.9 Å². The number of benzene rings is 2. The van der Waals surface area contributed by atoms with Crippen molar-refractivity contribution in [1.82, 2.24) is 20.2 Å². The van der Waals surface area contributed by atoms with Crippen LogP contribution in [0.1, 0.15) is 55.1 Å². The summed E-state index contributed by atoms with van der Waals surface area (Å²) in [6.45, 7) is 7.27. The van der Waals surface area contributed by atoms with E-state index in [0.29, 0.717) is 17.9 Å². The van der Waals surface area contributed by atoms with Crippen LogP contribution >= 0.6 is 0 Å². The van der Waals surface area contributed by atoms with Gasteiger partial charge in [-0.15, -0.1) is 0 Å². The Labute approximate surface area is 212 Å². The minimum Gasteiger partial charge on any atom is -0.492 e. The molecule has 0 spiro atoms. The lowest BCUT2D eigenvalue weighted by atomic mass is 9.93. The number of aryl methyl sites for hydroxylation is 1. The van der Waals surface area contributed by atoms with Crippen molar-refractivity contribution in [3.8, 4) is 11.4 Å². The van der Waals surface area contributed by atoms with Gasteiger partial charge in [-0.2, -0.15) is 0 Å². The van der Waals surface area contributed by atoms with E-state index in [1.807, 2.05) is 64.2 Å². The smallest absolute Gasteiger partial charge is 0.297 e. The van der Waals surface area contributed by atoms with Gasteiger partial charge >= 0.3 is 0 Å². The summed E-state index contributed by atoms with van der Waals surface area (Å²) in [6, 6.07) is 13.6. The Morgan fingerprint density at radius 2 is 1.97 bits per heavy atom. The van der Waals surface area contributed by atoms with Crippen LogP contribution in [0.15, 0.2) is 59.7 Å². The molecule has 0 radical (unpaired) electrons. The van der Waals surface area contributed by atoms with Crippen molar-refractivity contribution in [2.24, 2.45) is 0 Å². The van der Waals surface area contributed by atoms with Crippen LogP contribution in [-0.2, 0) is 12.0 Å². The van der Waals surface area contributed by atoms with Crippen molar-refractivity contribution in [2.75, 3.05) is 25.5 Å². The topological polar surface area (TPSA) is 97.3 Å². The Bertz CT molecular complexity index is 1280. The summed E-state index contributed by atoms with van der Waals surface area (Å²) in [5.41, 5.74) is 2.20. The summed E-state index contributed by atoms with van der Waals surface area (Å²) < 4.78 is 7.54. The molecular weight excluding hydrogens is 454 g/mol. The van der Waals surface area contributed by atoms with Crippen LogP contribution in [0, 0.1) is 0 Å². The quantitative estimate of drug-likeness (QED) is 0.356. The SMILES string of the molecule is CCc1ccc(C(=O)NC2CC2)cc1-n1ccnc(NC(C)(C)c2ccccc2OCCNC)c1=O. The number of aromatic nitrogens is 2. The molecular formula is C28H35N5O3. The molecule has 1 fully saturated rings. The number of likely N-dealkylation sites (N-methyl/N-ethyl adjacent to an activating group) is 1. The van der Waals surface area contributed by atoms with E-state index in [9.17, 15) is 9.59 Å². The number of amides is 1. The van der Waals surface area contributed by atoms with Gasteiger partial charge in [-0.25, -0.2) is 4.98 Å². The van der Waals surface area contributed by atoms with Crippen LogP contribution in [0.4, 0.5) is 5.82 Å². The normalized spacial score (nSPS) is 13.3. The Hall–Kier alpha value is -3.65. The fraction of sp³-hybridized carbons (Fsp3) is 0.393. The number of hydrogen-bond acceptors (Lipinski definition) is 6. The van der Waals surface area contributed by atoms with Gasteiger partial charge < -0.3 is 20.7 Å². The van der Waals surface area contributed by atoms with Gasteiger partial charge in [-0.3, -0.25) is 14.2 Å². The van der Waals surface area contributed by atoms with Gasteiger partial charge in [0.15, 0.2) is 5.82 Å². The van der Waals surface area contributed by atoms with Crippen LogP contribution in [0.3, 0.4) is 0 Å². The van der Waals surface area contributed by atoms with Gasteiger partial charge in [0.05, 0.1) is 11.2 Å². The number of nitrogens with zero attached hydrogens (tertiary/aromatic N) is 2. The first-order valence-electron chi connectivity index (χ1n) is 12.5. The number of rotatable bonds is 11. The number of hydrogen-bond donors (Lipinski definition) is 3. The molecule has 1 saturated carbocycles.